The van der Waals surface area contributed by atoms with Gasteiger partial charge >= 0.3 is 0 Å². The molecule has 0 bridgehead atoms. The van der Waals surface area contributed by atoms with Crippen LogP contribution in [0.1, 0.15) is 29.0 Å². The molecule has 1 aromatic heterocycles. The Labute approximate surface area is 222 Å². The van der Waals surface area contributed by atoms with Gasteiger partial charge in [0.2, 0.25) is 5.82 Å². The highest BCUT2D eigenvalue weighted by molar-refractivity contribution is 5.92. The third-order valence-electron chi connectivity index (χ3n) is 6.79. The number of hydrogen-bond acceptors (Lipinski definition) is 7. The Morgan fingerprint density at radius 1 is 0.816 bits per heavy atom. The summed E-state index contributed by atoms with van der Waals surface area (Å²) in [5, 5.41) is 11.8. The van der Waals surface area contributed by atoms with Crippen LogP contribution in [0.15, 0.2) is 78.9 Å². The van der Waals surface area contributed by atoms with Crippen molar-refractivity contribution in [3.8, 4) is 34.0 Å². The molecule has 0 radical (unpaired) electrons. The van der Waals surface area contributed by atoms with Crippen LogP contribution in [0.2, 0.25) is 0 Å². The lowest BCUT2D eigenvalue weighted by Gasteiger charge is -2.32. The Kier molecular flexibility index (Phi) is 7.89. The molecule has 0 unspecified atom stereocenters. The number of likely N-dealkylation sites (tertiary alicyclic amines) is 1. The first-order chi connectivity index (χ1) is 18.6. The van der Waals surface area contributed by atoms with Gasteiger partial charge < -0.3 is 14.8 Å². The van der Waals surface area contributed by atoms with Gasteiger partial charge in [-0.3, -0.25) is 9.69 Å². The predicted octanol–water partition coefficient (Wildman–Crippen LogP) is 4.62. The van der Waals surface area contributed by atoms with E-state index in [4.69, 9.17) is 9.47 Å². The van der Waals surface area contributed by atoms with Crippen LogP contribution in [0.25, 0.3) is 22.5 Å². The van der Waals surface area contributed by atoms with Crippen LogP contribution in [-0.4, -0.2) is 59.3 Å². The highest BCUT2D eigenvalue weighted by Gasteiger charge is 2.24. The van der Waals surface area contributed by atoms with Crippen molar-refractivity contribution >= 4 is 5.91 Å². The lowest BCUT2D eigenvalue weighted by Crippen LogP contribution is -2.44. The molecular weight excluding hydrogens is 478 g/mol. The highest BCUT2D eigenvalue weighted by atomic mass is 16.5. The third-order valence-corrected chi connectivity index (χ3v) is 6.79. The van der Waals surface area contributed by atoms with E-state index in [1.807, 2.05) is 54.6 Å². The molecule has 1 N–H and O–H groups in total. The molecule has 0 spiro atoms. The summed E-state index contributed by atoms with van der Waals surface area (Å²) < 4.78 is 10.6. The fourth-order valence-corrected chi connectivity index (χ4v) is 4.64. The van der Waals surface area contributed by atoms with E-state index in [-0.39, 0.29) is 17.8 Å². The van der Waals surface area contributed by atoms with E-state index < -0.39 is 0 Å². The molecule has 0 atom stereocenters. The number of hydrogen-bond donors (Lipinski definition) is 1. The van der Waals surface area contributed by atoms with Crippen molar-refractivity contribution < 1.29 is 14.3 Å². The molecule has 1 aliphatic rings. The first kappa shape index (κ1) is 25.4. The molecular formula is C30H31N5O3. The van der Waals surface area contributed by atoms with Gasteiger partial charge in [-0.05, 0) is 66.9 Å². The summed E-state index contributed by atoms with van der Waals surface area (Å²) in [6.07, 6.45) is 1.75. The van der Waals surface area contributed by atoms with E-state index in [1.54, 1.807) is 14.2 Å². The van der Waals surface area contributed by atoms with Crippen molar-refractivity contribution in [3.05, 3.63) is 90.3 Å². The normalized spacial score (nSPS) is 14.2. The standard InChI is InChI=1S/C30H31N5O3/c1-37-25-12-8-22(9-13-25)27-28(23-10-14-26(38-2)15-11-23)33-34-29(32-27)30(36)31-24-16-18-35(19-17-24)20-21-6-4-3-5-7-21/h3-15,24H,16-20H2,1-2H3,(H,31,36). The molecule has 3 aromatic carbocycles. The molecule has 8 heteroatoms. The summed E-state index contributed by atoms with van der Waals surface area (Å²) in [4.78, 5) is 20.3. The zero-order chi connectivity index (χ0) is 26.3. The van der Waals surface area contributed by atoms with Crippen molar-refractivity contribution in [2.45, 2.75) is 25.4 Å². The number of ether oxygens (including phenoxy) is 2. The number of rotatable bonds is 8. The molecule has 8 nitrogen and oxygen atoms in total. The monoisotopic (exact) mass is 509 g/mol. The van der Waals surface area contributed by atoms with E-state index in [0.29, 0.717) is 11.4 Å². The summed E-state index contributed by atoms with van der Waals surface area (Å²) >= 11 is 0. The minimum Gasteiger partial charge on any atom is -0.497 e. The lowest BCUT2D eigenvalue weighted by molar-refractivity contribution is 0.0897. The fraction of sp³-hybridized carbons (Fsp3) is 0.267. The SMILES string of the molecule is COc1ccc(-c2nnc(C(=O)NC3CCN(Cc4ccccc4)CC3)nc2-c2ccc(OC)cc2)cc1. The van der Waals surface area contributed by atoms with Crippen molar-refractivity contribution in [2.24, 2.45) is 0 Å². The molecule has 194 valence electrons. The van der Waals surface area contributed by atoms with E-state index in [2.05, 4.69) is 49.7 Å². The number of nitrogens with one attached hydrogen (secondary N) is 1. The molecule has 0 aliphatic carbocycles. The summed E-state index contributed by atoms with van der Waals surface area (Å²) in [6, 6.07) is 25.6. The zero-order valence-corrected chi connectivity index (χ0v) is 21.6. The van der Waals surface area contributed by atoms with Gasteiger partial charge in [0.05, 0.1) is 14.2 Å². The third kappa shape index (κ3) is 5.98. The summed E-state index contributed by atoms with van der Waals surface area (Å²) in [5.41, 5.74) is 4.11. The Morgan fingerprint density at radius 2 is 1.39 bits per heavy atom. The number of methoxy groups -OCH3 is 2. The van der Waals surface area contributed by atoms with Crippen LogP contribution in [0.3, 0.4) is 0 Å². The smallest absolute Gasteiger partial charge is 0.291 e. The average Bonchev–Trinajstić information content (AvgIpc) is 2.98. The molecule has 1 saturated heterocycles. The molecule has 4 aromatic rings. The molecule has 1 aliphatic heterocycles. The first-order valence-corrected chi connectivity index (χ1v) is 12.7. The molecule has 1 fully saturated rings. The van der Waals surface area contributed by atoms with Crippen LogP contribution >= 0.6 is 0 Å². The van der Waals surface area contributed by atoms with E-state index in [0.717, 1.165) is 55.1 Å². The molecule has 38 heavy (non-hydrogen) atoms. The number of benzene rings is 3. The summed E-state index contributed by atoms with van der Waals surface area (Å²) in [7, 11) is 3.25. The predicted molar refractivity (Wildman–Crippen MR) is 146 cm³/mol. The van der Waals surface area contributed by atoms with Gasteiger partial charge in [-0.15, -0.1) is 10.2 Å². The Morgan fingerprint density at radius 3 is 1.97 bits per heavy atom. The number of aromatic nitrogens is 3. The van der Waals surface area contributed by atoms with Gasteiger partial charge in [0.25, 0.3) is 5.91 Å². The second-order valence-corrected chi connectivity index (χ2v) is 9.30. The number of carbonyl (C=O) groups is 1. The van der Waals surface area contributed by atoms with Gasteiger partial charge in [-0.1, -0.05) is 30.3 Å². The van der Waals surface area contributed by atoms with Gasteiger partial charge in [-0.25, -0.2) is 4.98 Å². The first-order valence-electron chi connectivity index (χ1n) is 12.7. The maximum absolute atomic E-state index is 13.2. The Hall–Kier alpha value is -4.30. The topological polar surface area (TPSA) is 89.5 Å². The van der Waals surface area contributed by atoms with Crippen LogP contribution in [0.5, 0.6) is 11.5 Å². The van der Waals surface area contributed by atoms with Gasteiger partial charge in [0.15, 0.2) is 0 Å². The maximum atomic E-state index is 13.2. The van der Waals surface area contributed by atoms with Crippen molar-refractivity contribution in [3.63, 3.8) is 0 Å². The summed E-state index contributed by atoms with van der Waals surface area (Å²) in [6.45, 7) is 2.77. The quantitative estimate of drug-likeness (QED) is 0.371. The average molecular weight is 510 g/mol. The van der Waals surface area contributed by atoms with Crippen LogP contribution in [0, 0.1) is 0 Å². The Balaban J connectivity index is 1.32. The maximum Gasteiger partial charge on any atom is 0.291 e. The van der Waals surface area contributed by atoms with E-state index >= 15 is 0 Å². The largest absolute Gasteiger partial charge is 0.497 e. The fourth-order valence-electron chi connectivity index (χ4n) is 4.64. The van der Waals surface area contributed by atoms with Crippen molar-refractivity contribution in [1.82, 2.24) is 25.4 Å². The van der Waals surface area contributed by atoms with E-state index in [9.17, 15) is 4.79 Å². The zero-order valence-electron chi connectivity index (χ0n) is 21.6. The highest BCUT2D eigenvalue weighted by Crippen LogP contribution is 2.30. The minimum atomic E-state index is -0.310. The number of nitrogens with zero attached hydrogens (tertiary/aromatic N) is 4. The molecule has 2 heterocycles. The molecule has 0 saturated carbocycles. The van der Waals surface area contributed by atoms with Gasteiger partial charge in [-0.2, -0.15) is 0 Å². The molecule has 5 rings (SSSR count). The van der Waals surface area contributed by atoms with Gasteiger partial charge in [0.1, 0.15) is 22.9 Å². The lowest BCUT2D eigenvalue weighted by atomic mass is 10.0. The minimum absolute atomic E-state index is 0.0554. The molecule has 1 amide bonds. The second kappa shape index (κ2) is 11.8. The summed E-state index contributed by atoms with van der Waals surface area (Å²) in [5.74, 6) is 1.22. The second-order valence-electron chi connectivity index (χ2n) is 9.30. The van der Waals surface area contributed by atoms with Crippen LogP contribution in [0.4, 0.5) is 0 Å². The van der Waals surface area contributed by atoms with Crippen molar-refractivity contribution in [2.75, 3.05) is 27.3 Å². The van der Waals surface area contributed by atoms with Crippen molar-refractivity contribution in [1.29, 1.82) is 0 Å². The number of amides is 1. The Bertz CT molecular complexity index is 1350. The number of carbonyl (C=O) groups excluding carboxylic acids is 1. The van der Waals surface area contributed by atoms with Crippen LogP contribution in [-0.2, 0) is 6.54 Å². The number of piperidine rings is 1. The van der Waals surface area contributed by atoms with E-state index in [1.165, 1.54) is 5.56 Å². The van der Waals surface area contributed by atoms with Crippen LogP contribution < -0.4 is 14.8 Å². The van der Waals surface area contributed by atoms with Gasteiger partial charge in [0, 0.05) is 36.8 Å².